The zero-order chi connectivity index (χ0) is 22.9. The molecule has 4 unspecified atom stereocenters. The van der Waals surface area contributed by atoms with Gasteiger partial charge in [-0.2, -0.15) is 0 Å². The first kappa shape index (κ1) is 21.5. The van der Waals surface area contributed by atoms with E-state index in [1.807, 2.05) is 12.1 Å². The summed E-state index contributed by atoms with van der Waals surface area (Å²) in [6, 6.07) is 16.6. The van der Waals surface area contributed by atoms with Crippen LogP contribution in [0.5, 0.6) is 0 Å². The van der Waals surface area contributed by atoms with Crippen LogP contribution in [0.15, 0.2) is 60.7 Å². The van der Waals surface area contributed by atoms with E-state index in [9.17, 15) is 24.3 Å². The molecule has 1 saturated carbocycles. The topological polar surface area (TPSA) is 110 Å². The van der Waals surface area contributed by atoms with Crippen LogP contribution < -0.4 is 0 Å². The van der Waals surface area contributed by atoms with Crippen molar-refractivity contribution in [3.8, 4) is 0 Å². The van der Waals surface area contributed by atoms with Gasteiger partial charge in [0.2, 0.25) is 0 Å². The number of piperidine rings is 1. The lowest BCUT2D eigenvalue weighted by atomic mass is 9.91. The Labute approximate surface area is 184 Å². The van der Waals surface area contributed by atoms with Crippen molar-refractivity contribution in [2.45, 2.75) is 32.6 Å². The summed E-state index contributed by atoms with van der Waals surface area (Å²) in [4.78, 5) is 51.6. The fourth-order valence-electron chi connectivity index (χ4n) is 4.55. The number of likely N-dealkylation sites (tertiary alicyclic amines) is 1. The molecule has 2 fully saturated rings. The standard InChI is InChI=1S/C24H23NO7/c1-15-18-12-19(20(26)31-13-16-8-4-2-5-9-16)25(21(27)24(15,18)22(28)29)23(30)32-14-17-10-6-3-7-11-17/h2-11,15,18-19H,12-14H2,1H3,(H,28,29). The number of ether oxygens (including phenoxy) is 2. The Morgan fingerprint density at radius 1 is 0.969 bits per heavy atom. The molecule has 1 saturated heterocycles. The third-order valence-electron chi connectivity index (χ3n) is 6.41. The highest BCUT2D eigenvalue weighted by Gasteiger charge is 2.77. The highest BCUT2D eigenvalue weighted by atomic mass is 16.6. The Hall–Kier alpha value is -3.68. The van der Waals surface area contributed by atoms with E-state index in [0.717, 1.165) is 5.56 Å². The average molecular weight is 437 g/mol. The molecule has 1 aliphatic carbocycles. The molecule has 32 heavy (non-hydrogen) atoms. The number of hydrogen-bond acceptors (Lipinski definition) is 6. The molecule has 0 spiro atoms. The Morgan fingerprint density at radius 2 is 1.50 bits per heavy atom. The molecule has 8 nitrogen and oxygen atoms in total. The summed E-state index contributed by atoms with van der Waals surface area (Å²) < 4.78 is 10.6. The van der Waals surface area contributed by atoms with Gasteiger partial charge in [0.15, 0.2) is 5.41 Å². The van der Waals surface area contributed by atoms with E-state index in [4.69, 9.17) is 9.47 Å². The van der Waals surface area contributed by atoms with Gasteiger partial charge < -0.3 is 14.6 Å². The molecular weight excluding hydrogens is 414 g/mol. The van der Waals surface area contributed by atoms with Gasteiger partial charge in [-0.05, 0) is 29.4 Å². The molecule has 2 aromatic carbocycles. The zero-order valence-corrected chi connectivity index (χ0v) is 17.5. The first-order chi connectivity index (χ1) is 15.4. The summed E-state index contributed by atoms with van der Waals surface area (Å²) >= 11 is 0. The van der Waals surface area contributed by atoms with Crippen LogP contribution in [0.25, 0.3) is 0 Å². The van der Waals surface area contributed by atoms with Gasteiger partial charge >= 0.3 is 18.0 Å². The summed E-state index contributed by atoms with van der Waals surface area (Å²) in [5.74, 6) is -4.02. The molecule has 2 aromatic rings. The lowest BCUT2D eigenvalue weighted by Gasteiger charge is -2.34. The van der Waals surface area contributed by atoms with Gasteiger partial charge in [-0.15, -0.1) is 0 Å². The van der Waals surface area contributed by atoms with Crippen molar-refractivity contribution < 1.29 is 33.8 Å². The Bertz CT molecular complexity index is 1040. The number of carbonyl (C=O) groups is 4. The van der Waals surface area contributed by atoms with E-state index >= 15 is 0 Å². The van der Waals surface area contributed by atoms with E-state index in [2.05, 4.69) is 0 Å². The molecule has 1 N–H and O–H groups in total. The smallest absolute Gasteiger partial charge is 0.417 e. The quantitative estimate of drug-likeness (QED) is 0.546. The second kappa shape index (κ2) is 8.45. The summed E-state index contributed by atoms with van der Waals surface area (Å²) in [5.41, 5.74) is -0.262. The normalized spacial score (nSPS) is 26.1. The van der Waals surface area contributed by atoms with Gasteiger partial charge in [0.05, 0.1) is 0 Å². The van der Waals surface area contributed by atoms with Crippen LogP contribution in [0.2, 0.25) is 0 Å². The fourth-order valence-corrected chi connectivity index (χ4v) is 4.55. The maximum atomic E-state index is 13.2. The van der Waals surface area contributed by atoms with Crippen molar-refractivity contribution in [2.75, 3.05) is 0 Å². The monoisotopic (exact) mass is 437 g/mol. The fraction of sp³-hybridized carbons (Fsp3) is 0.333. The molecule has 4 rings (SSSR count). The van der Waals surface area contributed by atoms with Crippen LogP contribution in [0.3, 0.4) is 0 Å². The second-order valence-corrected chi connectivity index (χ2v) is 8.13. The van der Waals surface area contributed by atoms with E-state index in [0.29, 0.717) is 10.5 Å². The van der Waals surface area contributed by atoms with Crippen LogP contribution in [0.1, 0.15) is 24.5 Å². The molecule has 0 radical (unpaired) electrons. The number of carbonyl (C=O) groups excluding carboxylic acids is 3. The van der Waals surface area contributed by atoms with Crippen molar-refractivity contribution in [3.05, 3.63) is 71.8 Å². The van der Waals surface area contributed by atoms with Crippen LogP contribution in [-0.4, -0.2) is 40.0 Å². The molecule has 2 amide bonds. The number of imide groups is 1. The van der Waals surface area contributed by atoms with Gasteiger partial charge in [-0.3, -0.25) is 9.59 Å². The minimum Gasteiger partial charge on any atom is -0.480 e. The predicted octanol–water partition coefficient (Wildman–Crippen LogP) is 3.00. The summed E-state index contributed by atoms with van der Waals surface area (Å²) in [5, 5.41) is 9.75. The van der Waals surface area contributed by atoms with Crippen LogP contribution in [0, 0.1) is 17.3 Å². The third kappa shape index (κ3) is 3.62. The molecule has 2 aliphatic rings. The van der Waals surface area contributed by atoms with Crippen LogP contribution in [-0.2, 0) is 37.1 Å². The molecule has 166 valence electrons. The van der Waals surface area contributed by atoms with Gasteiger partial charge in [0.1, 0.15) is 19.3 Å². The van der Waals surface area contributed by atoms with Gasteiger partial charge in [0.25, 0.3) is 5.91 Å². The predicted molar refractivity (Wildman–Crippen MR) is 111 cm³/mol. The molecular formula is C24H23NO7. The number of fused-ring (bicyclic) bond motifs is 1. The number of nitrogens with zero attached hydrogens (tertiary/aromatic N) is 1. The maximum Gasteiger partial charge on any atom is 0.417 e. The van der Waals surface area contributed by atoms with E-state index in [-0.39, 0.29) is 19.6 Å². The number of carboxylic acid groups (broad SMARTS) is 1. The van der Waals surface area contributed by atoms with Crippen molar-refractivity contribution in [1.82, 2.24) is 4.90 Å². The highest BCUT2D eigenvalue weighted by molar-refractivity contribution is 6.13. The Morgan fingerprint density at radius 3 is 2.03 bits per heavy atom. The third-order valence-corrected chi connectivity index (χ3v) is 6.41. The SMILES string of the molecule is CC1C2CC(C(=O)OCc3ccccc3)N(C(=O)OCc3ccccc3)C(=O)C12C(=O)O. The zero-order valence-electron chi connectivity index (χ0n) is 17.5. The summed E-state index contributed by atoms with van der Waals surface area (Å²) in [6.07, 6.45) is -1.04. The van der Waals surface area contributed by atoms with E-state index in [1.165, 1.54) is 0 Å². The first-order valence-corrected chi connectivity index (χ1v) is 10.4. The molecule has 0 aromatic heterocycles. The largest absolute Gasteiger partial charge is 0.480 e. The number of carboxylic acids is 1. The van der Waals surface area contributed by atoms with Crippen LogP contribution in [0.4, 0.5) is 4.79 Å². The van der Waals surface area contributed by atoms with Crippen molar-refractivity contribution in [2.24, 2.45) is 17.3 Å². The number of benzene rings is 2. The lowest BCUT2D eigenvalue weighted by molar-refractivity contribution is -0.165. The van der Waals surface area contributed by atoms with Crippen molar-refractivity contribution in [3.63, 3.8) is 0 Å². The molecule has 8 heteroatoms. The minimum atomic E-state index is -1.71. The van der Waals surface area contributed by atoms with Gasteiger partial charge in [-0.1, -0.05) is 67.6 Å². The first-order valence-electron chi connectivity index (χ1n) is 10.4. The lowest BCUT2D eigenvalue weighted by Crippen LogP contribution is -2.57. The maximum absolute atomic E-state index is 13.2. The molecule has 4 atom stereocenters. The number of hydrogen-bond donors (Lipinski definition) is 1. The van der Waals surface area contributed by atoms with E-state index in [1.54, 1.807) is 55.5 Å². The number of esters is 1. The Kier molecular flexibility index (Phi) is 5.69. The van der Waals surface area contributed by atoms with Crippen molar-refractivity contribution in [1.29, 1.82) is 0 Å². The summed E-state index contributed by atoms with van der Waals surface area (Å²) in [6.45, 7) is 1.50. The van der Waals surface area contributed by atoms with E-state index < -0.39 is 47.2 Å². The van der Waals surface area contributed by atoms with Gasteiger partial charge in [0, 0.05) is 0 Å². The molecule has 1 aliphatic heterocycles. The Balaban J connectivity index is 1.54. The van der Waals surface area contributed by atoms with Gasteiger partial charge in [-0.25, -0.2) is 14.5 Å². The molecule has 1 heterocycles. The van der Waals surface area contributed by atoms with Crippen molar-refractivity contribution >= 4 is 23.9 Å². The second-order valence-electron chi connectivity index (χ2n) is 8.13. The minimum absolute atomic E-state index is 0.0211. The summed E-state index contributed by atoms with van der Waals surface area (Å²) in [7, 11) is 0. The number of aliphatic carboxylic acids is 1. The number of rotatable bonds is 6. The van der Waals surface area contributed by atoms with Crippen LogP contribution >= 0.6 is 0 Å². The highest BCUT2D eigenvalue weighted by Crippen LogP contribution is 2.64. The number of amides is 2. The average Bonchev–Trinajstić information content (AvgIpc) is 3.42. The molecule has 0 bridgehead atoms.